The Labute approximate surface area is 793 Å². The largest absolute Gasteiger partial charge is 0.491 e. The number of hydrogen-bond donors (Lipinski definition) is 0. The molecule has 0 atom stereocenters. The van der Waals surface area contributed by atoms with Gasteiger partial charge in [-0.1, -0.05) is 364 Å². The lowest BCUT2D eigenvalue weighted by Gasteiger charge is -2.38. The van der Waals surface area contributed by atoms with Crippen LogP contribution in [0, 0.1) is 0 Å². The van der Waals surface area contributed by atoms with E-state index in [-0.39, 0.29) is 21.7 Å². The first-order valence-electron chi connectivity index (χ1n) is 47.5. The van der Waals surface area contributed by atoms with Gasteiger partial charge in [-0.05, 0) is 160 Å². The molecule has 0 aliphatic carbocycles. The summed E-state index contributed by atoms with van der Waals surface area (Å²) < 4.78 is 65.6. The number of benzene rings is 13. The third-order valence-corrected chi connectivity index (χ3v) is 25.4. The van der Waals surface area contributed by atoms with Crippen molar-refractivity contribution in [3.8, 4) is 57.0 Å². The molecular formula is C118H132N6O10. The molecule has 0 bridgehead atoms. The number of aromatic nitrogens is 6. The summed E-state index contributed by atoms with van der Waals surface area (Å²) in [5, 5.41) is 21.5. The molecule has 0 N–H and O–H groups in total. The molecule has 0 saturated carbocycles. The second-order valence-corrected chi connectivity index (χ2v) is 39.5. The highest BCUT2D eigenvalue weighted by Crippen LogP contribution is 2.50. The topological polar surface area (TPSA) is 154 Å². The van der Waals surface area contributed by atoms with E-state index in [0.29, 0.717) is 117 Å². The van der Waals surface area contributed by atoms with Gasteiger partial charge in [0, 0.05) is 32.7 Å². The van der Waals surface area contributed by atoms with E-state index in [1.165, 1.54) is 66.8 Å². The lowest BCUT2D eigenvalue weighted by Crippen LogP contribution is -2.31. The van der Waals surface area contributed by atoms with E-state index < -0.39 is 10.8 Å². The zero-order chi connectivity index (χ0) is 94.0. The summed E-state index contributed by atoms with van der Waals surface area (Å²) in [5.41, 5.74) is 19.7. The van der Waals surface area contributed by atoms with Crippen molar-refractivity contribution < 1.29 is 47.4 Å². The lowest BCUT2D eigenvalue weighted by molar-refractivity contribution is 0.0768. The Morgan fingerprint density at radius 2 is 0.448 bits per heavy atom. The predicted molar refractivity (Wildman–Crippen MR) is 541 cm³/mol. The second kappa shape index (κ2) is 43.1. The maximum absolute atomic E-state index is 6.33. The van der Waals surface area contributed by atoms with Crippen LogP contribution in [0.25, 0.3) is 44.1 Å². The summed E-state index contributed by atoms with van der Waals surface area (Å²) in [6.07, 6.45) is 3.85. The van der Waals surface area contributed by atoms with Crippen molar-refractivity contribution >= 4 is 21.5 Å². The van der Waals surface area contributed by atoms with E-state index in [9.17, 15) is 0 Å². The Hall–Kier alpha value is -12.7. The Balaban J connectivity index is 0.453. The quantitative estimate of drug-likeness (QED) is 0.0263. The van der Waals surface area contributed by atoms with Crippen molar-refractivity contribution in [2.75, 3.05) is 92.5 Å². The van der Waals surface area contributed by atoms with Gasteiger partial charge < -0.3 is 47.4 Å². The first-order valence-corrected chi connectivity index (χ1v) is 47.5. The van der Waals surface area contributed by atoms with Gasteiger partial charge in [0.15, 0.2) is 0 Å². The number of rotatable bonds is 42. The van der Waals surface area contributed by atoms with Crippen LogP contribution in [-0.2, 0) is 64.5 Å². The minimum atomic E-state index is -0.600. The third-order valence-electron chi connectivity index (χ3n) is 25.4. The van der Waals surface area contributed by atoms with Crippen molar-refractivity contribution in [1.29, 1.82) is 0 Å². The number of hydrogen-bond acceptors (Lipinski definition) is 14. The van der Waals surface area contributed by atoms with Crippen molar-refractivity contribution in [2.45, 2.75) is 168 Å². The van der Waals surface area contributed by atoms with Crippen LogP contribution in [0.5, 0.6) is 34.5 Å². The summed E-state index contributed by atoms with van der Waals surface area (Å²) in [7, 11) is 0. The molecule has 694 valence electrons. The summed E-state index contributed by atoms with van der Waals surface area (Å²) >= 11 is 0. The van der Waals surface area contributed by atoms with Crippen molar-refractivity contribution in [1.82, 2.24) is 30.0 Å². The lowest BCUT2D eigenvalue weighted by atomic mass is 9.64. The van der Waals surface area contributed by atoms with Gasteiger partial charge in [-0.25, -0.2) is 9.36 Å². The predicted octanol–water partition coefficient (Wildman–Crippen LogP) is 25.9. The molecule has 16 heteroatoms. The summed E-state index contributed by atoms with van der Waals surface area (Å²) in [4.78, 5) is 0. The Bertz CT molecular complexity index is 5760. The molecule has 13 aromatic carbocycles. The van der Waals surface area contributed by atoms with Gasteiger partial charge in [-0.15, -0.1) is 10.2 Å². The van der Waals surface area contributed by atoms with Gasteiger partial charge in [-0.3, -0.25) is 0 Å². The number of ether oxygens (including phenoxy) is 10. The molecule has 0 radical (unpaired) electrons. The van der Waals surface area contributed by atoms with Crippen molar-refractivity contribution in [3.63, 3.8) is 0 Å². The van der Waals surface area contributed by atoms with Crippen LogP contribution in [0.2, 0.25) is 0 Å². The molecule has 0 spiro atoms. The van der Waals surface area contributed by atoms with Crippen LogP contribution < -0.4 is 28.4 Å². The van der Waals surface area contributed by atoms with Crippen LogP contribution in [0.3, 0.4) is 0 Å². The number of fused-ring (bicyclic) bond motifs is 2. The number of nitrogens with zero attached hydrogens (tertiary/aromatic N) is 6. The third kappa shape index (κ3) is 23.0. The highest BCUT2D eigenvalue weighted by molar-refractivity contribution is 5.94. The fraction of sp³-hybridized carbons (Fsp3) is 0.339. The van der Waals surface area contributed by atoms with Crippen LogP contribution in [-0.4, -0.2) is 122 Å². The molecule has 0 unspecified atom stereocenters. The van der Waals surface area contributed by atoms with Gasteiger partial charge in [0.1, 0.15) is 85.5 Å². The summed E-state index contributed by atoms with van der Waals surface area (Å²) in [6, 6.07) is 105. The van der Waals surface area contributed by atoms with E-state index in [4.69, 9.17) is 47.4 Å². The highest BCUT2D eigenvalue weighted by Gasteiger charge is 2.41. The molecular weight excluding hydrogens is 1660 g/mol. The molecule has 134 heavy (non-hydrogen) atoms. The Kier molecular flexibility index (Phi) is 30.8. The van der Waals surface area contributed by atoms with Gasteiger partial charge >= 0.3 is 0 Å². The average molecular weight is 1790 g/mol. The van der Waals surface area contributed by atoms with E-state index in [1.807, 2.05) is 109 Å². The van der Waals surface area contributed by atoms with E-state index in [2.05, 4.69) is 326 Å². The second-order valence-electron chi connectivity index (χ2n) is 39.5. The molecule has 0 fully saturated rings. The van der Waals surface area contributed by atoms with E-state index in [0.717, 1.165) is 89.7 Å². The van der Waals surface area contributed by atoms with Crippen molar-refractivity contribution in [3.05, 3.63) is 381 Å². The SMILES string of the molecule is CC(C)c1ccc(C(c2ccc(OCCOCCOc3cccc4c(OCCOCCn5cc(-c6ccc(-c7cn(CCOCCOc8cccc9c(OCCOCCOc%10ccc(C(c%11ccc(C(C)C)cc%11)(c%11ccc(C(C)(C)C)cc%11)c%11ccc(C(C)(C)C)cc%11)cc%10)cccc89)nn7)cc6)nn5)cccc34)cc2)(c2ccc(C(C)(C)C)cc2)c2ccc(C(C)(C)C)cc2)cc1. The van der Waals surface area contributed by atoms with Gasteiger partial charge in [0.05, 0.1) is 89.2 Å². The minimum absolute atomic E-state index is 0.0185. The molecule has 2 aromatic heterocycles. The van der Waals surface area contributed by atoms with Gasteiger partial charge in [-0.2, -0.15) is 0 Å². The molecule has 15 aromatic rings. The fourth-order valence-corrected chi connectivity index (χ4v) is 17.6. The minimum Gasteiger partial charge on any atom is -0.491 e. The normalized spacial score (nSPS) is 12.3. The molecule has 2 heterocycles. The van der Waals surface area contributed by atoms with Crippen LogP contribution in [0.4, 0.5) is 0 Å². The van der Waals surface area contributed by atoms with Gasteiger partial charge in [0.2, 0.25) is 0 Å². The van der Waals surface area contributed by atoms with Crippen molar-refractivity contribution in [2.24, 2.45) is 0 Å². The van der Waals surface area contributed by atoms with Crippen LogP contribution >= 0.6 is 0 Å². The summed E-state index contributed by atoms with van der Waals surface area (Å²) in [5.74, 6) is 5.43. The zero-order valence-corrected chi connectivity index (χ0v) is 81.1. The molecule has 16 nitrogen and oxygen atoms in total. The monoisotopic (exact) mass is 1790 g/mol. The molecule has 0 aliphatic rings. The molecule has 0 aliphatic heterocycles. The Morgan fingerprint density at radius 3 is 0.687 bits per heavy atom. The maximum atomic E-state index is 6.33. The standard InChI is InChI=1S/C118H132N6O10/c1-83(2)85-33-37-93(38-34-85)117(95-49-41-89(42-50-95)113(5,6)7,96-51-43-90(44-52-96)114(8,9)10)99-57-61-101(62-58-99)129-75-69-127-73-79-133-111-27-19-21-103-105(111)23-17-25-109(103)131-77-71-125-67-65-123-81-107(119-121-123)87-29-31-88(32-30-87)108-82-124(122-120-108)66-68-126-72-78-132-110-26-18-24-106-104(110)22-20-28-112(106)134-80-74-128-70-76-130-102-63-59-100(60-64-102)118(94-39-35-86(36-40-94)84(3)4,97-53-45-91(46-54-97)115(11,12)13)98-55-47-92(48-56-98)116(14,15)16/h17-64,81-84H,65-80H2,1-16H3. The Morgan fingerprint density at radius 1 is 0.231 bits per heavy atom. The summed E-state index contributed by atoms with van der Waals surface area (Å²) in [6.45, 7) is 42.8. The first-order chi connectivity index (χ1) is 64.6. The van der Waals surface area contributed by atoms with E-state index in [1.54, 1.807) is 9.36 Å². The van der Waals surface area contributed by atoms with Crippen LogP contribution in [0.15, 0.2) is 304 Å². The fourth-order valence-electron chi connectivity index (χ4n) is 17.6. The molecule has 15 rings (SSSR count). The molecule has 0 amide bonds. The average Bonchev–Trinajstić information content (AvgIpc) is 0.890. The van der Waals surface area contributed by atoms with Gasteiger partial charge in [0.25, 0.3) is 0 Å². The maximum Gasteiger partial charge on any atom is 0.127 e. The zero-order valence-electron chi connectivity index (χ0n) is 81.1. The highest BCUT2D eigenvalue weighted by atomic mass is 16.6. The van der Waals surface area contributed by atoms with E-state index >= 15 is 0 Å². The smallest absolute Gasteiger partial charge is 0.127 e. The first kappa shape index (κ1) is 95.9. The van der Waals surface area contributed by atoms with Crippen LogP contribution in [0.1, 0.15) is 201 Å². The molecule has 0 saturated heterocycles.